The molecular weight excluding hydrogens is 312 g/mol. The van der Waals surface area contributed by atoms with E-state index in [1.165, 1.54) is 6.07 Å². The van der Waals surface area contributed by atoms with Gasteiger partial charge in [0, 0.05) is 4.47 Å². The highest BCUT2D eigenvalue weighted by molar-refractivity contribution is 9.10. The molecule has 0 spiro atoms. The van der Waals surface area contributed by atoms with E-state index in [2.05, 4.69) is 15.9 Å². The Labute approximate surface area is 119 Å². The summed E-state index contributed by atoms with van der Waals surface area (Å²) >= 11 is 3.38. The molecule has 0 aliphatic carbocycles. The largest absolute Gasteiger partial charge is 0.485 e. The predicted octanol–water partition coefficient (Wildman–Crippen LogP) is 3.94. The monoisotopic (exact) mass is 324 g/mol. The van der Waals surface area contributed by atoms with Crippen LogP contribution in [0.4, 0.5) is 0 Å². The number of carboxylic acids is 1. The third-order valence-corrected chi connectivity index (χ3v) is 3.20. The molecule has 0 amide bonds. The normalized spacial score (nSPS) is 10.5. The number of halogens is 1. The first-order valence-corrected chi connectivity index (χ1v) is 6.48. The molecule has 0 aliphatic rings. The summed E-state index contributed by atoms with van der Waals surface area (Å²) in [5, 5.41) is 8.93. The molecule has 1 N–H and O–H groups in total. The van der Waals surface area contributed by atoms with Gasteiger partial charge in [0.2, 0.25) is 0 Å². The second-order valence-corrected chi connectivity index (χ2v) is 5.10. The maximum absolute atomic E-state index is 10.9. The summed E-state index contributed by atoms with van der Waals surface area (Å²) in [5.41, 5.74) is 1.17. The Kier molecular flexibility index (Phi) is 3.95. The Morgan fingerprint density at radius 1 is 1.37 bits per heavy atom. The zero-order valence-corrected chi connectivity index (χ0v) is 12.2. The van der Waals surface area contributed by atoms with Crippen LogP contribution < -0.4 is 4.74 Å². The van der Waals surface area contributed by atoms with Gasteiger partial charge in [-0.25, -0.2) is 4.79 Å². The lowest BCUT2D eigenvalue weighted by molar-refractivity contribution is 0.0695. The number of ether oxygens (including phenoxy) is 1. The first-order valence-electron chi connectivity index (χ1n) is 5.69. The number of hydrogen-bond acceptors (Lipinski definition) is 3. The van der Waals surface area contributed by atoms with Gasteiger partial charge in [0.25, 0.3) is 0 Å². The molecule has 0 unspecified atom stereocenters. The lowest BCUT2D eigenvalue weighted by atomic mass is 10.2. The topological polar surface area (TPSA) is 59.7 Å². The molecule has 19 heavy (non-hydrogen) atoms. The summed E-state index contributed by atoms with van der Waals surface area (Å²) in [6.07, 6.45) is 0. The molecule has 0 radical (unpaired) electrons. The van der Waals surface area contributed by atoms with Gasteiger partial charge in [-0.2, -0.15) is 0 Å². The summed E-state index contributed by atoms with van der Waals surface area (Å²) in [4.78, 5) is 10.9. The van der Waals surface area contributed by atoms with E-state index in [0.717, 1.165) is 15.8 Å². The predicted molar refractivity (Wildman–Crippen MR) is 73.6 cm³/mol. The lowest BCUT2D eigenvalue weighted by Gasteiger charge is -2.07. The van der Waals surface area contributed by atoms with E-state index in [1.807, 2.05) is 25.1 Å². The van der Waals surface area contributed by atoms with Crippen LogP contribution in [0.1, 0.15) is 27.4 Å². The van der Waals surface area contributed by atoms with Crippen LogP contribution in [0.5, 0.6) is 5.75 Å². The van der Waals surface area contributed by atoms with Gasteiger partial charge in [-0.05, 0) is 43.7 Å². The lowest BCUT2D eigenvalue weighted by Crippen LogP contribution is -1.97. The molecule has 100 valence electrons. The van der Waals surface area contributed by atoms with Crippen molar-refractivity contribution in [3.8, 4) is 5.75 Å². The Bertz CT molecular complexity index is 616. The number of carbonyl (C=O) groups is 1. The summed E-state index contributed by atoms with van der Waals surface area (Å²) in [6.45, 7) is 3.77. The number of carboxylic acid groups (broad SMARTS) is 1. The van der Waals surface area contributed by atoms with Crippen LogP contribution in [0, 0.1) is 13.8 Å². The number of benzene rings is 1. The van der Waals surface area contributed by atoms with Gasteiger partial charge in [-0.1, -0.05) is 15.9 Å². The van der Waals surface area contributed by atoms with Crippen molar-refractivity contribution < 1.29 is 19.1 Å². The van der Waals surface area contributed by atoms with Crippen molar-refractivity contribution >= 4 is 21.9 Å². The van der Waals surface area contributed by atoms with Gasteiger partial charge in [0.1, 0.15) is 29.4 Å². The van der Waals surface area contributed by atoms with Crippen molar-refractivity contribution in [1.29, 1.82) is 0 Å². The number of hydrogen-bond donors (Lipinski definition) is 1. The molecule has 2 rings (SSSR count). The maximum Gasteiger partial charge on any atom is 0.339 e. The minimum atomic E-state index is -0.993. The number of aromatic carboxylic acids is 1. The average molecular weight is 325 g/mol. The minimum Gasteiger partial charge on any atom is -0.485 e. The van der Waals surface area contributed by atoms with E-state index in [9.17, 15) is 4.79 Å². The van der Waals surface area contributed by atoms with Crippen LogP contribution in [0.25, 0.3) is 0 Å². The molecule has 4 nitrogen and oxygen atoms in total. The van der Waals surface area contributed by atoms with Gasteiger partial charge in [-0.3, -0.25) is 0 Å². The molecule has 0 fully saturated rings. The molecule has 0 aliphatic heterocycles. The summed E-state index contributed by atoms with van der Waals surface area (Å²) in [6, 6.07) is 7.18. The Balaban J connectivity index is 2.10. The molecule has 1 aromatic heterocycles. The van der Waals surface area contributed by atoms with Crippen molar-refractivity contribution in [3.05, 3.63) is 51.4 Å². The van der Waals surface area contributed by atoms with E-state index < -0.39 is 5.97 Å². The van der Waals surface area contributed by atoms with E-state index in [4.69, 9.17) is 14.3 Å². The van der Waals surface area contributed by atoms with E-state index in [1.54, 1.807) is 6.92 Å². The molecule has 1 heterocycles. The second kappa shape index (κ2) is 5.48. The van der Waals surface area contributed by atoms with Gasteiger partial charge >= 0.3 is 5.97 Å². The van der Waals surface area contributed by atoms with Crippen LogP contribution in [-0.4, -0.2) is 11.1 Å². The molecule has 5 heteroatoms. The van der Waals surface area contributed by atoms with Crippen LogP contribution in [0.15, 0.2) is 33.2 Å². The maximum atomic E-state index is 10.9. The van der Waals surface area contributed by atoms with Gasteiger partial charge < -0.3 is 14.3 Å². The SMILES string of the molecule is Cc1cc(Br)ccc1OCc1cc(C(=O)O)c(C)o1. The number of aryl methyl sites for hydroxylation is 2. The smallest absolute Gasteiger partial charge is 0.339 e. The van der Waals surface area contributed by atoms with E-state index in [0.29, 0.717) is 11.5 Å². The van der Waals surface area contributed by atoms with Gasteiger partial charge in [0.15, 0.2) is 0 Å². The molecule has 0 saturated heterocycles. The number of furan rings is 1. The van der Waals surface area contributed by atoms with Crippen molar-refractivity contribution in [1.82, 2.24) is 0 Å². The average Bonchev–Trinajstić information content (AvgIpc) is 2.69. The highest BCUT2D eigenvalue weighted by Crippen LogP contribution is 2.24. The highest BCUT2D eigenvalue weighted by atomic mass is 79.9. The standard InChI is InChI=1S/C14H13BrO4/c1-8-5-10(15)3-4-13(8)18-7-11-6-12(14(16)17)9(2)19-11/h3-6H,7H2,1-2H3,(H,16,17). The third-order valence-electron chi connectivity index (χ3n) is 2.71. The van der Waals surface area contributed by atoms with Crippen LogP contribution in [0.3, 0.4) is 0 Å². The van der Waals surface area contributed by atoms with E-state index >= 15 is 0 Å². The molecular formula is C14H13BrO4. The van der Waals surface area contributed by atoms with Crippen LogP contribution in [-0.2, 0) is 6.61 Å². The Hall–Kier alpha value is -1.75. The summed E-state index contributed by atoms with van der Waals surface area (Å²) in [7, 11) is 0. The Morgan fingerprint density at radius 3 is 2.68 bits per heavy atom. The first-order chi connectivity index (χ1) is 8.97. The van der Waals surface area contributed by atoms with Crippen LogP contribution in [0.2, 0.25) is 0 Å². The van der Waals surface area contributed by atoms with Crippen molar-refractivity contribution in [3.63, 3.8) is 0 Å². The van der Waals surface area contributed by atoms with Gasteiger partial charge in [0.05, 0.1) is 0 Å². The van der Waals surface area contributed by atoms with E-state index in [-0.39, 0.29) is 12.2 Å². The van der Waals surface area contributed by atoms with Crippen molar-refractivity contribution in [2.75, 3.05) is 0 Å². The minimum absolute atomic E-state index is 0.172. The fourth-order valence-corrected chi connectivity index (χ4v) is 2.23. The summed E-state index contributed by atoms with van der Waals surface area (Å²) < 4.78 is 12.0. The summed E-state index contributed by atoms with van der Waals surface area (Å²) in [5.74, 6) is 0.636. The number of rotatable bonds is 4. The molecule has 2 aromatic rings. The third kappa shape index (κ3) is 3.17. The zero-order chi connectivity index (χ0) is 14.0. The second-order valence-electron chi connectivity index (χ2n) is 4.19. The molecule has 0 saturated carbocycles. The van der Waals surface area contributed by atoms with Crippen LogP contribution >= 0.6 is 15.9 Å². The molecule has 0 bridgehead atoms. The molecule has 1 aromatic carbocycles. The first kappa shape index (κ1) is 13.7. The molecule has 0 atom stereocenters. The highest BCUT2D eigenvalue weighted by Gasteiger charge is 2.14. The fourth-order valence-electron chi connectivity index (χ4n) is 1.75. The fraction of sp³-hybridized carbons (Fsp3) is 0.214. The Morgan fingerprint density at radius 2 is 2.11 bits per heavy atom. The van der Waals surface area contributed by atoms with Crippen molar-refractivity contribution in [2.24, 2.45) is 0 Å². The van der Waals surface area contributed by atoms with Gasteiger partial charge in [-0.15, -0.1) is 0 Å². The quantitative estimate of drug-likeness (QED) is 0.925. The van der Waals surface area contributed by atoms with Crippen molar-refractivity contribution in [2.45, 2.75) is 20.5 Å². The zero-order valence-electron chi connectivity index (χ0n) is 10.6.